The number of fused-ring (bicyclic) bond motifs is 1. The van der Waals surface area contributed by atoms with Crippen LogP contribution in [-0.4, -0.2) is 58.5 Å². The molecule has 0 atom stereocenters. The topological polar surface area (TPSA) is 41.4 Å². The molecule has 1 fully saturated rings. The largest absolute Gasteiger partial charge is 0.339 e. The lowest BCUT2D eigenvalue weighted by atomic mass is 10.3. The van der Waals surface area contributed by atoms with Crippen molar-refractivity contribution in [1.82, 2.24) is 19.4 Å². The summed E-state index contributed by atoms with van der Waals surface area (Å²) in [6, 6.07) is 0. The van der Waals surface area contributed by atoms with Crippen LogP contribution in [0.15, 0.2) is 24.2 Å². The van der Waals surface area contributed by atoms with Gasteiger partial charge in [0.05, 0.1) is 20.8 Å². The van der Waals surface area contributed by atoms with Crippen molar-refractivity contribution in [3.63, 3.8) is 0 Å². The Bertz CT molecular complexity index is 768. The van der Waals surface area contributed by atoms with Crippen LogP contribution in [0.3, 0.4) is 0 Å². The minimum Gasteiger partial charge on any atom is -0.339 e. The number of likely N-dealkylation sites (N-methyl/N-ethyl adjacent to an activating group) is 1. The molecule has 124 valence electrons. The van der Waals surface area contributed by atoms with E-state index in [9.17, 15) is 4.79 Å². The fraction of sp³-hybridized carbons (Fsp3) is 0.429. The highest BCUT2D eigenvalue weighted by molar-refractivity contribution is 9.15. The Kier molecular flexibility index (Phi) is 5.52. The van der Waals surface area contributed by atoms with E-state index in [1.807, 2.05) is 9.47 Å². The molecule has 0 unspecified atom stereocenters. The van der Waals surface area contributed by atoms with Gasteiger partial charge in [0.2, 0.25) is 5.91 Å². The maximum Gasteiger partial charge on any atom is 0.242 e. The van der Waals surface area contributed by atoms with Crippen LogP contribution in [0.4, 0.5) is 0 Å². The van der Waals surface area contributed by atoms with Crippen LogP contribution in [0.5, 0.6) is 0 Å². The molecule has 2 aromatic rings. The SMILES string of the molecule is CN1CCN(C(=O)Cn2cnc3c(Br)c(Br)c(Br)c(Br)c32)CC1. The van der Waals surface area contributed by atoms with Crippen LogP contribution in [0.2, 0.25) is 0 Å². The molecule has 3 rings (SSSR count). The third-order valence-electron chi connectivity index (χ3n) is 3.99. The summed E-state index contributed by atoms with van der Waals surface area (Å²) >= 11 is 14.2. The van der Waals surface area contributed by atoms with E-state index in [0.717, 1.165) is 55.1 Å². The van der Waals surface area contributed by atoms with Crippen LogP contribution >= 0.6 is 63.7 Å². The first-order valence-electron chi connectivity index (χ1n) is 7.03. The maximum atomic E-state index is 12.6. The number of hydrogen-bond acceptors (Lipinski definition) is 3. The highest BCUT2D eigenvalue weighted by atomic mass is 79.9. The molecule has 5 nitrogen and oxygen atoms in total. The molecule has 0 bridgehead atoms. The predicted molar refractivity (Wildman–Crippen MR) is 105 cm³/mol. The summed E-state index contributed by atoms with van der Waals surface area (Å²) < 4.78 is 5.43. The standard InChI is InChI=1S/C14H14Br4N4O/c1-20-2-4-21(5-3-20)8(23)6-22-7-19-13-11(17)9(15)10(16)12(18)14(13)22/h7H,2-6H2,1H3. The molecule has 1 aliphatic rings. The van der Waals surface area contributed by atoms with E-state index in [4.69, 9.17) is 0 Å². The van der Waals surface area contributed by atoms with Crippen LogP contribution < -0.4 is 0 Å². The predicted octanol–water partition coefficient (Wildman–Crippen LogP) is 3.86. The zero-order chi connectivity index (χ0) is 16.7. The molecule has 1 saturated heterocycles. The number of hydrogen-bond donors (Lipinski definition) is 0. The molecule has 0 aliphatic carbocycles. The van der Waals surface area contributed by atoms with Gasteiger partial charge in [0.25, 0.3) is 0 Å². The average molecular weight is 574 g/mol. The van der Waals surface area contributed by atoms with Gasteiger partial charge in [-0.05, 0) is 70.8 Å². The number of halogens is 4. The van der Waals surface area contributed by atoms with Gasteiger partial charge < -0.3 is 14.4 Å². The van der Waals surface area contributed by atoms with E-state index < -0.39 is 0 Å². The Morgan fingerprint density at radius 3 is 2.30 bits per heavy atom. The number of carbonyl (C=O) groups is 1. The van der Waals surface area contributed by atoms with Gasteiger partial charge in [0.15, 0.2) is 0 Å². The summed E-state index contributed by atoms with van der Waals surface area (Å²) in [5, 5.41) is 0. The van der Waals surface area contributed by atoms with Gasteiger partial charge in [-0.2, -0.15) is 0 Å². The van der Waals surface area contributed by atoms with Crippen molar-refractivity contribution in [3.8, 4) is 0 Å². The lowest BCUT2D eigenvalue weighted by Crippen LogP contribution is -2.48. The Morgan fingerprint density at radius 2 is 1.65 bits per heavy atom. The summed E-state index contributed by atoms with van der Waals surface area (Å²) in [7, 11) is 2.08. The zero-order valence-electron chi connectivity index (χ0n) is 12.3. The molecule has 1 aromatic carbocycles. The Labute approximate surface area is 167 Å². The van der Waals surface area contributed by atoms with Gasteiger partial charge in [-0.15, -0.1) is 0 Å². The average Bonchev–Trinajstić information content (AvgIpc) is 2.95. The van der Waals surface area contributed by atoms with Gasteiger partial charge in [-0.3, -0.25) is 4.79 Å². The summed E-state index contributed by atoms with van der Waals surface area (Å²) in [5.74, 6) is 0.125. The van der Waals surface area contributed by atoms with E-state index in [-0.39, 0.29) is 5.91 Å². The molecule has 23 heavy (non-hydrogen) atoms. The first kappa shape index (κ1) is 17.8. The minimum absolute atomic E-state index is 0.125. The van der Waals surface area contributed by atoms with Crippen molar-refractivity contribution in [2.24, 2.45) is 0 Å². The normalized spacial score (nSPS) is 16.3. The number of benzene rings is 1. The summed E-state index contributed by atoms with van der Waals surface area (Å²) in [6.45, 7) is 3.69. The monoisotopic (exact) mass is 570 g/mol. The number of piperazine rings is 1. The zero-order valence-corrected chi connectivity index (χ0v) is 18.7. The van der Waals surface area contributed by atoms with Gasteiger partial charge in [-0.25, -0.2) is 4.98 Å². The van der Waals surface area contributed by atoms with Crippen molar-refractivity contribution < 1.29 is 4.79 Å². The number of imidazole rings is 1. The summed E-state index contributed by atoms with van der Waals surface area (Å²) in [5.41, 5.74) is 1.72. The molecule has 1 aromatic heterocycles. The van der Waals surface area contributed by atoms with Gasteiger partial charge >= 0.3 is 0 Å². The van der Waals surface area contributed by atoms with E-state index in [0.29, 0.717) is 6.54 Å². The van der Waals surface area contributed by atoms with E-state index in [1.54, 1.807) is 6.33 Å². The lowest BCUT2D eigenvalue weighted by Gasteiger charge is -2.32. The van der Waals surface area contributed by atoms with Crippen molar-refractivity contribution >= 4 is 80.7 Å². The molecule has 1 amide bonds. The number of carbonyl (C=O) groups excluding carboxylic acids is 1. The van der Waals surface area contributed by atoms with Crippen molar-refractivity contribution in [1.29, 1.82) is 0 Å². The molecule has 1 aliphatic heterocycles. The van der Waals surface area contributed by atoms with Crippen LogP contribution in [0.1, 0.15) is 0 Å². The number of aromatic nitrogens is 2. The summed E-state index contributed by atoms with van der Waals surface area (Å²) in [6.07, 6.45) is 1.72. The molecule has 2 heterocycles. The van der Waals surface area contributed by atoms with Gasteiger partial charge in [-0.1, -0.05) is 0 Å². The first-order valence-corrected chi connectivity index (χ1v) is 10.2. The quantitative estimate of drug-likeness (QED) is 0.405. The molecule has 0 N–H and O–H groups in total. The van der Waals surface area contributed by atoms with Crippen molar-refractivity contribution in [2.45, 2.75) is 6.54 Å². The maximum absolute atomic E-state index is 12.6. The highest BCUT2D eigenvalue weighted by Crippen LogP contribution is 2.42. The van der Waals surface area contributed by atoms with E-state index in [2.05, 4.69) is 80.7 Å². The molecule has 0 spiro atoms. The molecule has 9 heteroatoms. The smallest absolute Gasteiger partial charge is 0.242 e. The highest BCUT2D eigenvalue weighted by Gasteiger charge is 2.22. The summed E-state index contributed by atoms with van der Waals surface area (Å²) in [4.78, 5) is 21.2. The second-order valence-corrected chi connectivity index (χ2v) is 8.68. The van der Waals surface area contributed by atoms with E-state index in [1.165, 1.54) is 0 Å². The Morgan fingerprint density at radius 1 is 1.04 bits per heavy atom. The number of nitrogens with zero attached hydrogens (tertiary/aromatic N) is 4. The second kappa shape index (κ2) is 7.11. The fourth-order valence-electron chi connectivity index (χ4n) is 2.60. The molecule has 0 saturated carbocycles. The first-order chi connectivity index (χ1) is 10.9. The molecular weight excluding hydrogens is 560 g/mol. The second-order valence-electron chi connectivity index (χ2n) is 5.51. The van der Waals surface area contributed by atoms with Crippen molar-refractivity contribution in [2.75, 3.05) is 33.2 Å². The third kappa shape index (κ3) is 3.40. The molecule has 0 radical (unpaired) electrons. The fourth-order valence-corrected chi connectivity index (χ4v) is 5.00. The third-order valence-corrected chi connectivity index (χ3v) is 8.72. The minimum atomic E-state index is 0.125. The van der Waals surface area contributed by atoms with Gasteiger partial charge in [0, 0.05) is 35.1 Å². The Balaban J connectivity index is 1.91. The van der Waals surface area contributed by atoms with Crippen LogP contribution in [0, 0.1) is 0 Å². The number of rotatable bonds is 2. The Hall–Kier alpha value is 0.0400. The van der Waals surface area contributed by atoms with E-state index >= 15 is 0 Å². The van der Waals surface area contributed by atoms with Crippen molar-refractivity contribution in [3.05, 3.63) is 24.2 Å². The van der Waals surface area contributed by atoms with Crippen LogP contribution in [0.25, 0.3) is 11.0 Å². The van der Waals surface area contributed by atoms with Gasteiger partial charge in [0.1, 0.15) is 12.1 Å². The van der Waals surface area contributed by atoms with Crippen LogP contribution in [-0.2, 0) is 11.3 Å². The molecular formula is C14H14Br4N4O. The lowest BCUT2D eigenvalue weighted by molar-refractivity contribution is -0.133. The number of amides is 1.